The van der Waals surface area contributed by atoms with Crippen molar-refractivity contribution < 1.29 is 4.74 Å². The summed E-state index contributed by atoms with van der Waals surface area (Å²) in [5, 5.41) is 7.58. The fourth-order valence-corrected chi connectivity index (χ4v) is 1.96. The van der Waals surface area contributed by atoms with Crippen molar-refractivity contribution in [1.82, 2.24) is 4.90 Å². The van der Waals surface area contributed by atoms with E-state index < -0.39 is 0 Å². The number of guanidine groups is 1. The van der Waals surface area contributed by atoms with Crippen LogP contribution in [0.5, 0.6) is 0 Å². The summed E-state index contributed by atoms with van der Waals surface area (Å²) in [6.45, 7) is 4.48. The highest BCUT2D eigenvalue weighted by molar-refractivity contribution is 8.13. The van der Waals surface area contributed by atoms with Crippen LogP contribution >= 0.6 is 11.8 Å². The molecule has 1 fully saturated rings. The molecule has 0 radical (unpaired) electrons. The number of aliphatic imine (C=N–C) groups is 1. The average molecular weight is 231 g/mol. The molecule has 7 heteroatoms. The SMILES string of the molecule is N=C(N=C(N)N)SCCN1CCOCC1. The molecule has 1 heterocycles. The topological polar surface area (TPSA) is 101 Å². The minimum Gasteiger partial charge on any atom is -0.379 e. The number of nitrogens with one attached hydrogen (secondary N) is 1. The minimum atomic E-state index is -0.0566. The molecule has 5 N–H and O–H groups in total. The predicted octanol–water partition coefficient (Wildman–Crippen LogP) is -0.740. The first-order valence-corrected chi connectivity index (χ1v) is 5.78. The van der Waals surface area contributed by atoms with E-state index in [1.165, 1.54) is 11.8 Å². The molecule has 15 heavy (non-hydrogen) atoms. The Balaban J connectivity index is 2.10. The van der Waals surface area contributed by atoms with Gasteiger partial charge in [-0.15, -0.1) is 0 Å². The Morgan fingerprint density at radius 3 is 2.67 bits per heavy atom. The van der Waals surface area contributed by atoms with Crippen LogP contribution in [0.15, 0.2) is 4.99 Å². The second-order valence-corrected chi connectivity index (χ2v) is 4.23. The highest BCUT2D eigenvalue weighted by Crippen LogP contribution is 2.05. The van der Waals surface area contributed by atoms with Crippen LogP contribution < -0.4 is 11.5 Å². The summed E-state index contributed by atoms with van der Waals surface area (Å²) >= 11 is 1.35. The monoisotopic (exact) mass is 231 g/mol. The molecule has 0 aromatic carbocycles. The molecule has 0 aliphatic carbocycles. The lowest BCUT2D eigenvalue weighted by Gasteiger charge is -2.26. The van der Waals surface area contributed by atoms with Crippen molar-refractivity contribution in [2.75, 3.05) is 38.6 Å². The number of ether oxygens (including phenoxy) is 1. The Morgan fingerprint density at radius 2 is 2.07 bits per heavy atom. The Hall–Kier alpha value is -0.790. The first-order valence-electron chi connectivity index (χ1n) is 4.79. The molecule has 0 aromatic heterocycles. The number of nitrogens with two attached hydrogens (primary N) is 2. The lowest BCUT2D eigenvalue weighted by Crippen LogP contribution is -2.37. The summed E-state index contributed by atoms with van der Waals surface area (Å²) in [6.07, 6.45) is 0. The Labute approximate surface area is 93.5 Å². The lowest BCUT2D eigenvalue weighted by molar-refractivity contribution is 0.0410. The van der Waals surface area contributed by atoms with E-state index in [0.29, 0.717) is 0 Å². The van der Waals surface area contributed by atoms with Crippen molar-refractivity contribution in [3.63, 3.8) is 0 Å². The van der Waals surface area contributed by atoms with Gasteiger partial charge in [-0.3, -0.25) is 10.3 Å². The van der Waals surface area contributed by atoms with Crippen LogP contribution in [0, 0.1) is 5.41 Å². The van der Waals surface area contributed by atoms with E-state index >= 15 is 0 Å². The maximum absolute atomic E-state index is 7.41. The van der Waals surface area contributed by atoms with E-state index in [-0.39, 0.29) is 11.1 Å². The van der Waals surface area contributed by atoms with Crippen LogP contribution in [-0.2, 0) is 4.74 Å². The Morgan fingerprint density at radius 1 is 1.40 bits per heavy atom. The highest BCUT2D eigenvalue weighted by atomic mass is 32.2. The number of morpholine rings is 1. The molecule has 0 saturated carbocycles. The van der Waals surface area contributed by atoms with Gasteiger partial charge < -0.3 is 16.2 Å². The van der Waals surface area contributed by atoms with Crippen LogP contribution in [0.2, 0.25) is 0 Å². The van der Waals surface area contributed by atoms with Crippen molar-refractivity contribution >= 4 is 22.9 Å². The molecule has 1 rings (SSSR count). The molecular weight excluding hydrogens is 214 g/mol. The van der Waals surface area contributed by atoms with Gasteiger partial charge in [0.1, 0.15) is 0 Å². The summed E-state index contributed by atoms with van der Waals surface area (Å²) in [5.41, 5.74) is 10.3. The van der Waals surface area contributed by atoms with E-state index in [9.17, 15) is 0 Å². The molecule has 0 bridgehead atoms. The normalized spacial score (nSPS) is 17.3. The van der Waals surface area contributed by atoms with Gasteiger partial charge in [-0.1, -0.05) is 11.8 Å². The van der Waals surface area contributed by atoms with E-state index in [1.807, 2.05) is 0 Å². The standard InChI is InChI=1S/C8H17N5OS/c9-7(10)12-8(11)15-6-3-13-1-4-14-5-2-13/h1-6H2,(H5,9,10,11,12). The predicted molar refractivity (Wildman–Crippen MR) is 63.3 cm³/mol. The van der Waals surface area contributed by atoms with Crippen molar-refractivity contribution in [2.24, 2.45) is 16.5 Å². The summed E-state index contributed by atoms with van der Waals surface area (Å²) in [7, 11) is 0. The summed E-state index contributed by atoms with van der Waals surface area (Å²) in [5.74, 6) is 0.772. The molecule has 1 saturated heterocycles. The van der Waals surface area contributed by atoms with Gasteiger partial charge in [0.25, 0.3) is 0 Å². The zero-order valence-corrected chi connectivity index (χ0v) is 9.42. The molecular formula is C8H17N5OS. The third kappa shape index (κ3) is 5.60. The first-order chi connectivity index (χ1) is 7.18. The fourth-order valence-electron chi connectivity index (χ4n) is 1.25. The van der Waals surface area contributed by atoms with Gasteiger partial charge in [-0.05, 0) is 0 Å². The maximum Gasteiger partial charge on any atom is 0.193 e. The van der Waals surface area contributed by atoms with E-state index in [2.05, 4.69) is 9.89 Å². The van der Waals surface area contributed by atoms with E-state index in [4.69, 9.17) is 21.6 Å². The molecule has 86 valence electrons. The zero-order valence-electron chi connectivity index (χ0n) is 8.61. The van der Waals surface area contributed by atoms with Crippen molar-refractivity contribution in [1.29, 1.82) is 5.41 Å². The molecule has 0 aromatic rings. The van der Waals surface area contributed by atoms with Crippen molar-refractivity contribution in [3.8, 4) is 0 Å². The minimum absolute atomic E-state index is 0.0566. The fraction of sp³-hybridized carbons (Fsp3) is 0.750. The van der Waals surface area contributed by atoms with Gasteiger partial charge in [0.05, 0.1) is 13.2 Å². The summed E-state index contributed by atoms with van der Waals surface area (Å²) in [6, 6.07) is 0. The third-order valence-corrected chi connectivity index (χ3v) is 2.73. The number of nitrogens with zero attached hydrogens (tertiary/aromatic N) is 2. The zero-order chi connectivity index (χ0) is 11.1. The van der Waals surface area contributed by atoms with Gasteiger partial charge >= 0.3 is 0 Å². The Bertz CT molecular complexity index is 235. The molecule has 0 unspecified atom stereocenters. The van der Waals surface area contributed by atoms with Gasteiger partial charge in [-0.2, -0.15) is 4.99 Å². The first kappa shape index (κ1) is 12.3. The third-order valence-electron chi connectivity index (χ3n) is 1.98. The molecule has 0 atom stereocenters. The average Bonchev–Trinajstić information content (AvgIpc) is 2.18. The van der Waals surface area contributed by atoms with Crippen LogP contribution in [0.1, 0.15) is 0 Å². The largest absolute Gasteiger partial charge is 0.379 e. The molecule has 0 amide bonds. The number of rotatable bonds is 3. The van der Waals surface area contributed by atoms with Crippen LogP contribution in [0.3, 0.4) is 0 Å². The maximum atomic E-state index is 7.41. The molecule has 6 nitrogen and oxygen atoms in total. The number of thioether (sulfide) groups is 1. The van der Waals surface area contributed by atoms with Crippen LogP contribution in [0.25, 0.3) is 0 Å². The van der Waals surface area contributed by atoms with E-state index in [1.54, 1.807) is 0 Å². The second kappa shape index (κ2) is 6.65. The van der Waals surface area contributed by atoms with Crippen LogP contribution in [-0.4, -0.2) is 54.6 Å². The molecule has 1 aliphatic rings. The van der Waals surface area contributed by atoms with Gasteiger partial charge in [0, 0.05) is 25.4 Å². The smallest absolute Gasteiger partial charge is 0.193 e. The van der Waals surface area contributed by atoms with Crippen molar-refractivity contribution in [2.45, 2.75) is 0 Å². The molecule has 1 aliphatic heterocycles. The van der Waals surface area contributed by atoms with Crippen LogP contribution in [0.4, 0.5) is 0 Å². The highest BCUT2D eigenvalue weighted by Gasteiger charge is 2.09. The second-order valence-electron chi connectivity index (χ2n) is 3.14. The van der Waals surface area contributed by atoms with Crippen molar-refractivity contribution in [3.05, 3.63) is 0 Å². The summed E-state index contributed by atoms with van der Waals surface area (Å²) in [4.78, 5) is 5.94. The quantitative estimate of drug-likeness (QED) is 0.439. The number of amidine groups is 1. The van der Waals surface area contributed by atoms with Gasteiger partial charge in [0.2, 0.25) is 0 Å². The number of hydrogen-bond donors (Lipinski definition) is 3. The van der Waals surface area contributed by atoms with E-state index in [0.717, 1.165) is 38.6 Å². The molecule has 0 spiro atoms. The lowest BCUT2D eigenvalue weighted by atomic mass is 10.4. The Kier molecular flexibility index (Phi) is 5.44. The number of hydrogen-bond acceptors (Lipinski definition) is 4. The van der Waals surface area contributed by atoms with Gasteiger partial charge in [-0.25, -0.2) is 0 Å². The van der Waals surface area contributed by atoms with Gasteiger partial charge in [0.15, 0.2) is 11.1 Å². The summed E-state index contributed by atoms with van der Waals surface area (Å²) < 4.78 is 5.23.